The molecule has 0 saturated heterocycles. The summed E-state index contributed by atoms with van der Waals surface area (Å²) in [5.41, 5.74) is 9.31. The highest BCUT2D eigenvalue weighted by molar-refractivity contribution is 6.00. The molecule has 0 spiro atoms. The van der Waals surface area contributed by atoms with Crippen LogP contribution in [0.4, 0.5) is 21.5 Å². The third-order valence-electron chi connectivity index (χ3n) is 3.66. The fourth-order valence-corrected chi connectivity index (χ4v) is 2.60. The fourth-order valence-electron chi connectivity index (χ4n) is 2.60. The number of halogens is 1. The molecule has 4 heteroatoms. The van der Waals surface area contributed by atoms with Crippen LogP contribution < -0.4 is 10.6 Å². The highest BCUT2D eigenvalue weighted by Gasteiger charge is 2.17. The van der Waals surface area contributed by atoms with Crippen LogP contribution >= 0.6 is 0 Å². The minimum absolute atomic E-state index is 0.371. The second-order valence-corrected chi connectivity index (χ2v) is 5.04. The first-order valence-corrected chi connectivity index (χ1v) is 6.71. The minimum Gasteiger partial charge on any atom is -0.398 e. The summed E-state index contributed by atoms with van der Waals surface area (Å²) in [7, 11) is 1.84. The zero-order valence-corrected chi connectivity index (χ0v) is 12.0. The number of nitrogens with two attached hydrogens (primary N) is 1. The molecule has 0 unspecified atom stereocenters. The van der Waals surface area contributed by atoms with Gasteiger partial charge in [-0.3, -0.25) is 4.98 Å². The van der Waals surface area contributed by atoms with Crippen LogP contribution in [0.25, 0.3) is 10.9 Å². The molecule has 2 N–H and O–H groups in total. The van der Waals surface area contributed by atoms with Crippen LogP contribution in [0.1, 0.15) is 5.56 Å². The van der Waals surface area contributed by atoms with Gasteiger partial charge in [-0.2, -0.15) is 0 Å². The van der Waals surface area contributed by atoms with Gasteiger partial charge in [0.2, 0.25) is 0 Å². The summed E-state index contributed by atoms with van der Waals surface area (Å²) >= 11 is 0. The maximum Gasteiger partial charge on any atom is 0.151 e. The number of para-hydroxylation sites is 1. The van der Waals surface area contributed by atoms with E-state index in [4.69, 9.17) is 5.73 Å². The van der Waals surface area contributed by atoms with Crippen molar-refractivity contribution in [1.29, 1.82) is 0 Å². The van der Waals surface area contributed by atoms with Gasteiger partial charge in [0, 0.05) is 30.0 Å². The van der Waals surface area contributed by atoms with E-state index in [9.17, 15) is 4.39 Å². The summed E-state index contributed by atoms with van der Waals surface area (Å²) in [6.07, 6.45) is 1.65. The molecule has 3 nitrogen and oxygen atoms in total. The van der Waals surface area contributed by atoms with Gasteiger partial charge in [-0.05, 0) is 36.8 Å². The van der Waals surface area contributed by atoms with Gasteiger partial charge in [0.15, 0.2) is 5.82 Å². The molecule has 0 aliphatic heterocycles. The monoisotopic (exact) mass is 281 g/mol. The topological polar surface area (TPSA) is 42.1 Å². The highest BCUT2D eigenvalue weighted by Crippen LogP contribution is 2.36. The average Bonchev–Trinajstić information content (AvgIpc) is 2.47. The van der Waals surface area contributed by atoms with E-state index in [1.54, 1.807) is 12.3 Å². The molecule has 0 radical (unpaired) electrons. The van der Waals surface area contributed by atoms with E-state index >= 15 is 0 Å². The highest BCUT2D eigenvalue weighted by atomic mass is 19.1. The maximum absolute atomic E-state index is 14.5. The first-order valence-electron chi connectivity index (χ1n) is 6.71. The van der Waals surface area contributed by atoms with Crippen LogP contribution in [0.2, 0.25) is 0 Å². The lowest BCUT2D eigenvalue weighted by molar-refractivity contribution is 0.629. The van der Waals surface area contributed by atoms with Gasteiger partial charge in [-0.25, -0.2) is 4.39 Å². The number of nitrogens with zero attached hydrogens (tertiary/aromatic N) is 2. The number of anilines is 3. The Hall–Kier alpha value is -2.62. The number of benzene rings is 2. The average molecular weight is 281 g/mol. The van der Waals surface area contributed by atoms with E-state index < -0.39 is 0 Å². The molecule has 0 aliphatic carbocycles. The maximum atomic E-state index is 14.5. The summed E-state index contributed by atoms with van der Waals surface area (Å²) in [6, 6.07) is 12.9. The molecule has 2 aromatic carbocycles. The van der Waals surface area contributed by atoms with E-state index in [0.29, 0.717) is 16.9 Å². The SMILES string of the molecule is Cc1ccccc1N(C)c1c(F)cc(N)c2cccnc12. The minimum atomic E-state index is -0.371. The van der Waals surface area contributed by atoms with E-state index in [2.05, 4.69) is 4.98 Å². The van der Waals surface area contributed by atoms with Crippen molar-refractivity contribution in [2.24, 2.45) is 0 Å². The molecule has 0 saturated carbocycles. The quantitative estimate of drug-likeness (QED) is 0.721. The van der Waals surface area contributed by atoms with Gasteiger partial charge in [-0.15, -0.1) is 0 Å². The Kier molecular flexibility index (Phi) is 3.22. The number of pyridine rings is 1. The number of aromatic nitrogens is 1. The largest absolute Gasteiger partial charge is 0.398 e. The lowest BCUT2D eigenvalue weighted by Gasteiger charge is -2.23. The molecule has 0 atom stereocenters. The van der Waals surface area contributed by atoms with Crippen molar-refractivity contribution in [2.75, 3.05) is 17.7 Å². The third-order valence-corrected chi connectivity index (χ3v) is 3.66. The van der Waals surface area contributed by atoms with Gasteiger partial charge < -0.3 is 10.6 Å². The molecule has 0 amide bonds. The summed E-state index contributed by atoms with van der Waals surface area (Å²) in [4.78, 5) is 6.14. The van der Waals surface area contributed by atoms with Crippen LogP contribution in [0.5, 0.6) is 0 Å². The summed E-state index contributed by atoms with van der Waals surface area (Å²) < 4.78 is 14.5. The van der Waals surface area contributed by atoms with Crippen molar-refractivity contribution in [3.63, 3.8) is 0 Å². The van der Waals surface area contributed by atoms with E-state index in [-0.39, 0.29) is 5.82 Å². The molecule has 1 aromatic heterocycles. The van der Waals surface area contributed by atoms with Gasteiger partial charge in [-0.1, -0.05) is 18.2 Å². The predicted octanol–water partition coefficient (Wildman–Crippen LogP) is 4.03. The molecular formula is C17H16FN3. The predicted molar refractivity (Wildman–Crippen MR) is 85.4 cm³/mol. The van der Waals surface area contributed by atoms with Crippen LogP contribution in [-0.2, 0) is 0 Å². The molecule has 3 rings (SSSR count). The summed E-state index contributed by atoms with van der Waals surface area (Å²) in [5, 5.41) is 0.759. The number of rotatable bonds is 2. The number of aryl methyl sites for hydroxylation is 1. The van der Waals surface area contributed by atoms with Gasteiger partial charge in [0.1, 0.15) is 5.69 Å². The van der Waals surface area contributed by atoms with Crippen molar-refractivity contribution >= 4 is 28.0 Å². The molecular weight excluding hydrogens is 265 g/mol. The standard InChI is InChI=1S/C17H16FN3/c1-11-6-3-4-8-15(11)21(2)17-13(18)10-14(19)12-7-5-9-20-16(12)17/h3-10H,19H2,1-2H3. The third kappa shape index (κ3) is 2.18. The van der Waals surface area contributed by atoms with Gasteiger partial charge in [0.05, 0.1) is 5.52 Å². The smallest absolute Gasteiger partial charge is 0.151 e. The van der Waals surface area contributed by atoms with Crippen LogP contribution in [0.15, 0.2) is 48.7 Å². The Morgan fingerprint density at radius 2 is 1.90 bits per heavy atom. The lowest BCUT2D eigenvalue weighted by Crippen LogP contribution is -2.14. The number of fused-ring (bicyclic) bond motifs is 1. The number of hydrogen-bond donors (Lipinski definition) is 1. The molecule has 106 valence electrons. The Morgan fingerprint density at radius 3 is 2.67 bits per heavy atom. The fraction of sp³-hybridized carbons (Fsp3) is 0.118. The van der Waals surface area contributed by atoms with Crippen LogP contribution in [0, 0.1) is 12.7 Å². The zero-order valence-electron chi connectivity index (χ0n) is 12.0. The Balaban J connectivity index is 2.28. The number of hydrogen-bond acceptors (Lipinski definition) is 3. The second kappa shape index (κ2) is 5.05. The van der Waals surface area contributed by atoms with Gasteiger partial charge in [0.25, 0.3) is 0 Å². The Morgan fingerprint density at radius 1 is 1.14 bits per heavy atom. The Bertz CT molecular complexity index is 814. The summed E-state index contributed by atoms with van der Waals surface area (Å²) in [6.45, 7) is 2.00. The molecule has 0 bridgehead atoms. The first-order chi connectivity index (χ1) is 10.1. The number of nitrogen functional groups attached to an aromatic ring is 1. The van der Waals surface area contributed by atoms with E-state index in [0.717, 1.165) is 16.6 Å². The zero-order chi connectivity index (χ0) is 15.0. The summed E-state index contributed by atoms with van der Waals surface area (Å²) in [5.74, 6) is -0.371. The van der Waals surface area contributed by atoms with Crippen molar-refractivity contribution in [3.05, 3.63) is 60.0 Å². The van der Waals surface area contributed by atoms with Crippen molar-refractivity contribution < 1.29 is 4.39 Å². The molecule has 0 fully saturated rings. The molecule has 21 heavy (non-hydrogen) atoms. The van der Waals surface area contributed by atoms with E-state index in [1.807, 2.05) is 49.2 Å². The molecule has 3 aromatic rings. The van der Waals surface area contributed by atoms with Crippen molar-refractivity contribution in [1.82, 2.24) is 4.98 Å². The van der Waals surface area contributed by atoms with Crippen LogP contribution in [0.3, 0.4) is 0 Å². The van der Waals surface area contributed by atoms with E-state index in [1.165, 1.54) is 6.07 Å². The normalized spacial score (nSPS) is 10.8. The second-order valence-electron chi connectivity index (χ2n) is 5.04. The molecule has 1 heterocycles. The lowest BCUT2D eigenvalue weighted by atomic mass is 10.1. The van der Waals surface area contributed by atoms with Gasteiger partial charge >= 0.3 is 0 Å². The molecule has 0 aliphatic rings. The van der Waals surface area contributed by atoms with Crippen molar-refractivity contribution in [2.45, 2.75) is 6.92 Å². The first kappa shape index (κ1) is 13.4. The van der Waals surface area contributed by atoms with Crippen molar-refractivity contribution in [3.8, 4) is 0 Å². The van der Waals surface area contributed by atoms with Crippen LogP contribution in [-0.4, -0.2) is 12.0 Å². The Labute approximate surface area is 122 Å².